The molecule has 2 heterocycles. The molecule has 0 aliphatic rings. The number of aromatic nitrogens is 4. The molecule has 2 aromatic carbocycles. The van der Waals surface area contributed by atoms with Gasteiger partial charge >= 0.3 is 6.18 Å². The van der Waals surface area contributed by atoms with Crippen molar-refractivity contribution in [3.8, 4) is 11.4 Å². The molecule has 0 atom stereocenters. The van der Waals surface area contributed by atoms with Crippen LogP contribution >= 0.6 is 0 Å². The summed E-state index contributed by atoms with van der Waals surface area (Å²) in [4.78, 5) is 12.6. The van der Waals surface area contributed by atoms with Gasteiger partial charge in [-0.15, -0.1) is 0 Å². The number of nitrogens with zero attached hydrogens (tertiary/aromatic N) is 4. The summed E-state index contributed by atoms with van der Waals surface area (Å²) in [6, 6.07) is 14.7. The number of carbonyl (C=O) groups excluding carboxylic acids is 1. The molecule has 4 aromatic rings. The molecule has 0 aliphatic heterocycles. The Kier molecular flexibility index (Phi) is 6.54. The predicted octanol–water partition coefficient (Wildman–Crippen LogP) is 5.06. The van der Waals surface area contributed by atoms with Crippen molar-refractivity contribution >= 4 is 5.91 Å². The molecule has 0 bridgehead atoms. The lowest BCUT2D eigenvalue weighted by Gasteiger charge is -2.10. The highest BCUT2D eigenvalue weighted by molar-refractivity contribution is 5.95. The van der Waals surface area contributed by atoms with E-state index in [1.54, 1.807) is 6.92 Å². The molecule has 0 unspecified atom stereocenters. The second kappa shape index (κ2) is 9.54. The number of carbonyl (C=O) groups is 1. The SMILES string of the molecule is Cc1nn(-c2ccccc2)cc1CCCNC(=O)c1cnn(-c2cccc(C(F)(F)F)c2)c1C. The summed E-state index contributed by atoms with van der Waals surface area (Å²) in [7, 11) is 0. The van der Waals surface area contributed by atoms with E-state index < -0.39 is 11.7 Å². The molecule has 0 fully saturated rings. The van der Waals surface area contributed by atoms with Crippen LogP contribution in [0.15, 0.2) is 67.0 Å². The number of rotatable bonds is 7. The van der Waals surface area contributed by atoms with Gasteiger partial charge in [-0.2, -0.15) is 23.4 Å². The summed E-state index contributed by atoms with van der Waals surface area (Å²) >= 11 is 0. The van der Waals surface area contributed by atoms with E-state index >= 15 is 0 Å². The number of halogens is 3. The Balaban J connectivity index is 1.36. The van der Waals surface area contributed by atoms with E-state index in [0.717, 1.165) is 35.5 Å². The third-order valence-electron chi connectivity index (χ3n) is 5.60. The van der Waals surface area contributed by atoms with Gasteiger partial charge in [0.05, 0.1) is 40.1 Å². The van der Waals surface area contributed by atoms with Crippen LogP contribution in [0, 0.1) is 13.8 Å². The van der Waals surface area contributed by atoms with Gasteiger partial charge in [0.25, 0.3) is 5.91 Å². The molecule has 176 valence electrons. The van der Waals surface area contributed by atoms with Crippen LogP contribution in [0.5, 0.6) is 0 Å². The van der Waals surface area contributed by atoms with Crippen LogP contribution < -0.4 is 5.32 Å². The Labute approximate surface area is 195 Å². The van der Waals surface area contributed by atoms with E-state index in [0.29, 0.717) is 24.2 Å². The summed E-state index contributed by atoms with van der Waals surface area (Å²) in [5.74, 6) is -0.313. The van der Waals surface area contributed by atoms with Gasteiger partial charge in [0.2, 0.25) is 0 Å². The fourth-order valence-corrected chi connectivity index (χ4v) is 3.74. The highest BCUT2D eigenvalue weighted by Gasteiger charge is 2.30. The fourth-order valence-electron chi connectivity index (χ4n) is 3.74. The van der Waals surface area contributed by atoms with Crippen molar-refractivity contribution in [1.29, 1.82) is 0 Å². The summed E-state index contributed by atoms with van der Waals surface area (Å²) in [5.41, 5.74) is 3.30. The third kappa shape index (κ3) is 5.03. The van der Waals surface area contributed by atoms with Crippen molar-refractivity contribution in [3.63, 3.8) is 0 Å². The zero-order valence-electron chi connectivity index (χ0n) is 18.8. The fraction of sp³-hybridized carbons (Fsp3) is 0.240. The van der Waals surface area contributed by atoms with Gasteiger partial charge < -0.3 is 5.32 Å². The number of nitrogens with one attached hydrogen (secondary N) is 1. The Hall–Kier alpha value is -3.88. The lowest BCUT2D eigenvalue weighted by Crippen LogP contribution is -2.25. The molecular weight excluding hydrogens is 443 g/mol. The molecule has 0 saturated heterocycles. The number of hydrogen-bond donors (Lipinski definition) is 1. The quantitative estimate of drug-likeness (QED) is 0.387. The Bertz CT molecular complexity index is 1290. The maximum absolute atomic E-state index is 13.0. The van der Waals surface area contributed by atoms with E-state index in [1.807, 2.05) is 48.1 Å². The summed E-state index contributed by atoms with van der Waals surface area (Å²) < 4.78 is 42.3. The minimum Gasteiger partial charge on any atom is -0.352 e. The highest BCUT2D eigenvalue weighted by atomic mass is 19.4. The topological polar surface area (TPSA) is 64.7 Å². The van der Waals surface area contributed by atoms with Gasteiger partial charge in [-0.05, 0) is 62.6 Å². The standard InChI is InChI=1S/C25H24F3N5O/c1-17-19(16-32(31-17)21-10-4-3-5-11-21)8-7-13-29-24(34)23-15-30-33(18(23)2)22-12-6-9-20(14-22)25(26,27)28/h3-6,9-12,14-16H,7-8,13H2,1-2H3,(H,29,34). The number of benzene rings is 2. The van der Waals surface area contributed by atoms with Gasteiger partial charge in [0, 0.05) is 12.7 Å². The van der Waals surface area contributed by atoms with E-state index in [1.165, 1.54) is 23.0 Å². The molecule has 0 spiro atoms. The first-order valence-corrected chi connectivity index (χ1v) is 10.8. The van der Waals surface area contributed by atoms with Crippen LogP contribution in [0.3, 0.4) is 0 Å². The third-order valence-corrected chi connectivity index (χ3v) is 5.60. The minimum absolute atomic E-state index is 0.247. The van der Waals surface area contributed by atoms with Crippen molar-refractivity contribution < 1.29 is 18.0 Å². The van der Waals surface area contributed by atoms with Crippen LogP contribution in [0.25, 0.3) is 11.4 Å². The van der Waals surface area contributed by atoms with Crippen LogP contribution in [-0.2, 0) is 12.6 Å². The zero-order chi connectivity index (χ0) is 24.3. The lowest BCUT2D eigenvalue weighted by atomic mass is 10.1. The van der Waals surface area contributed by atoms with E-state index in [4.69, 9.17) is 0 Å². The smallest absolute Gasteiger partial charge is 0.352 e. The van der Waals surface area contributed by atoms with Gasteiger partial charge in [0.15, 0.2) is 0 Å². The van der Waals surface area contributed by atoms with E-state index in [-0.39, 0.29) is 11.6 Å². The van der Waals surface area contributed by atoms with Gasteiger partial charge in [-0.1, -0.05) is 24.3 Å². The molecule has 6 nitrogen and oxygen atoms in total. The Morgan fingerprint density at radius 1 is 1.03 bits per heavy atom. The summed E-state index contributed by atoms with van der Waals surface area (Å²) in [5, 5.41) is 11.6. The average molecular weight is 467 g/mol. The largest absolute Gasteiger partial charge is 0.416 e. The van der Waals surface area contributed by atoms with Crippen LogP contribution in [0.2, 0.25) is 0 Å². The molecule has 0 saturated carbocycles. The number of amides is 1. The first kappa shape index (κ1) is 23.3. The van der Waals surface area contributed by atoms with Crippen molar-refractivity contribution in [2.75, 3.05) is 6.54 Å². The molecule has 34 heavy (non-hydrogen) atoms. The monoisotopic (exact) mass is 467 g/mol. The van der Waals surface area contributed by atoms with Crippen LogP contribution in [0.4, 0.5) is 13.2 Å². The second-order valence-corrected chi connectivity index (χ2v) is 7.98. The Morgan fingerprint density at radius 2 is 1.76 bits per heavy atom. The summed E-state index contributed by atoms with van der Waals surface area (Å²) in [6.45, 7) is 4.06. The molecular formula is C25H24F3N5O. The number of para-hydroxylation sites is 1. The van der Waals surface area contributed by atoms with E-state index in [2.05, 4.69) is 15.5 Å². The molecule has 4 rings (SSSR count). The molecule has 0 aliphatic carbocycles. The van der Waals surface area contributed by atoms with Crippen molar-refractivity contribution in [2.45, 2.75) is 32.9 Å². The number of alkyl halides is 3. The molecule has 9 heteroatoms. The first-order valence-electron chi connectivity index (χ1n) is 10.8. The van der Waals surface area contributed by atoms with Crippen molar-refractivity contribution in [2.24, 2.45) is 0 Å². The highest BCUT2D eigenvalue weighted by Crippen LogP contribution is 2.30. The van der Waals surface area contributed by atoms with Crippen LogP contribution in [-0.4, -0.2) is 32.0 Å². The summed E-state index contributed by atoms with van der Waals surface area (Å²) in [6.07, 6.45) is 0.386. The average Bonchev–Trinajstić information content (AvgIpc) is 3.39. The molecule has 1 N–H and O–H groups in total. The molecule has 0 radical (unpaired) electrons. The van der Waals surface area contributed by atoms with Crippen molar-refractivity contribution in [1.82, 2.24) is 24.9 Å². The second-order valence-electron chi connectivity index (χ2n) is 7.98. The van der Waals surface area contributed by atoms with E-state index in [9.17, 15) is 18.0 Å². The molecule has 2 aromatic heterocycles. The number of hydrogen-bond acceptors (Lipinski definition) is 3. The zero-order valence-corrected chi connectivity index (χ0v) is 18.8. The normalized spacial score (nSPS) is 11.6. The Morgan fingerprint density at radius 3 is 2.50 bits per heavy atom. The molecule has 1 amide bonds. The maximum Gasteiger partial charge on any atom is 0.416 e. The first-order chi connectivity index (χ1) is 16.2. The maximum atomic E-state index is 13.0. The van der Waals surface area contributed by atoms with Gasteiger partial charge in [0.1, 0.15) is 0 Å². The van der Waals surface area contributed by atoms with Crippen molar-refractivity contribution in [3.05, 3.63) is 95.1 Å². The van der Waals surface area contributed by atoms with Gasteiger partial charge in [-0.3, -0.25) is 4.79 Å². The minimum atomic E-state index is -4.45. The van der Waals surface area contributed by atoms with Crippen LogP contribution in [0.1, 0.15) is 39.3 Å². The predicted molar refractivity (Wildman–Crippen MR) is 122 cm³/mol. The number of aryl methyl sites for hydroxylation is 2. The lowest BCUT2D eigenvalue weighted by molar-refractivity contribution is -0.137. The van der Waals surface area contributed by atoms with Gasteiger partial charge in [-0.25, -0.2) is 9.36 Å².